The molecule has 0 unspecified atom stereocenters. The van der Waals surface area contributed by atoms with Crippen molar-refractivity contribution in [3.63, 3.8) is 0 Å². The van der Waals surface area contributed by atoms with E-state index in [4.69, 9.17) is 21.1 Å². The summed E-state index contributed by atoms with van der Waals surface area (Å²) < 4.78 is 15.0. The van der Waals surface area contributed by atoms with Gasteiger partial charge in [0.05, 0.1) is 0 Å². The highest BCUT2D eigenvalue weighted by Gasteiger charge is 2.37. The Morgan fingerprint density at radius 1 is 1.12 bits per heavy atom. The molecule has 1 aromatic carbocycles. The van der Waals surface area contributed by atoms with E-state index in [9.17, 15) is 14.4 Å². The molecule has 0 bridgehead atoms. The van der Waals surface area contributed by atoms with E-state index in [1.807, 2.05) is 30.3 Å². The van der Waals surface area contributed by atoms with Crippen LogP contribution in [0.15, 0.2) is 30.3 Å². The molecule has 0 aliphatic rings. The molecule has 0 fully saturated rings. The van der Waals surface area contributed by atoms with Gasteiger partial charge in [-0.3, -0.25) is 0 Å². The van der Waals surface area contributed by atoms with Crippen molar-refractivity contribution >= 4 is 29.6 Å². The number of benzene rings is 1. The lowest BCUT2D eigenvalue weighted by Gasteiger charge is -2.27. The number of halogens is 1. The van der Waals surface area contributed by atoms with Gasteiger partial charge in [-0.2, -0.15) is 0 Å². The van der Waals surface area contributed by atoms with Crippen molar-refractivity contribution in [3.8, 4) is 0 Å². The van der Waals surface area contributed by atoms with E-state index in [-0.39, 0.29) is 18.6 Å². The normalized spacial score (nSPS) is 12.2. The van der Waals surface area contributed by atoms with E-state index in [0.29, 0.717) is 0 Å². The third-order valence-electron chi connectivity index (χ3n) is 3.44. The van der Waals surface area contributed by atoms with Crippen LogP contribution in [-0.4, -0.2) is 35.7 Å². The third kappa shape index (κ3) is 6.92. The molecule has 1 rings (SSSR count). The summed E-state index contributed by atoms with van der Waals surface area (Å²) in [5.41, 5.74) is -0.717. The number of carbonyl (C=O) groups excluding carboxylic acids is 3. The highest BCUT2D eigenvalue weighted by molar-refractivity contribution is 6.17. The predicted octanol–water partition coefficient (Wildman–Crippen LogP) is 3.00. The molecular formula is C18H24ClNO6. The maximum absolute atomic E-state index is 12.4. The van der Waals surface area contributed by atoms with Gasteiger partial charge in [0.15, 0.2) is 6.07 Å². The minimum absolute atomic E-state index is 0.0695. The second kappa shape index (κ2) is 10.0. The number of alkyl carbamates (subject to hydrolysis) is 1. The first-order valence-corrected chi connectivity index (χ1v) is 8.64. The van der Waals surface area contributed by atoms with Gasteiger partial charge in [0.25, 0.3) is 0 Å². The number of ether oxygens (including phenoxy) is 3. The van der Waals surface area contributed by atoms with Crippen molar-refractivity contribution in [1.29, 1.82) is 0 Å². The van der Waals surface area contributed by atoms with Crippen molar-refractivity contribution in [1.82, 2.24) is 5.32 Å². The maximum atomic E-state index is 12.4. The molecule has 144 valence electrons. The van der Waals surface area contributed by atoms with E-state index in [0.717, 1.165) is 5.56 Å². The Labute approximate surface area is 157 Å². The van der Waals surface area contributed by atoms with Crippen molar-refractivity contribution in [2.75, 3.05) is 6.07 Å². The number of hydrogen-bond acceptors (Lipinski definition) is 6. The Morgan fingerprint density at radius 3 is 2.27 bits per heavy atom. The topological polar surface area (TPSA) is 90.9 Å². The lowest BCUT2D eigenvalue weighted by Crippen LogP contribution is -2.49. The highest BCUT2D eigenvalue weighted by atomic mass is 35.5. The molecule has 0 aromatic heterocycles. The smallest absolute Gasteiger partial charge is 0.408 e. The molecular weight excluding hydrogens is 362 g/mol. The summed E-state index contributed by atoms with van der Waals surface area (Å²) in [7, 11) is 0. The lowest BCUT2D eigenvalue weighted by atomic mass is 10.0. The number of rotatable bonds is 8. The zero-order valence-corrected chi connectivity index (χ0v) is 16.0. The average molecular weight is 386 g/mol. The SMILES string of the molecule is CC(C)[C@H](NC(=O)OCc1ccccc1)C(=O)OC(C)(C)C(=O)OCCl. The van der Waals surface area contributed by atoms with E-state index in [1.165, 1.54) is 13.8 Å². The number of carbonyl (C=O) groups is 3. The van der Waals surface area contributed by atoms with Crippen LogP contribution in [0, 0.1) is 5.92 Å². The van der Waals surface area contributed by atoms with Gasteiger partial charge in [0, 0.05) is 0 Å². The molecule has 1 atom stereocenters. The van der Waals surface area contributed by atoms with Crippen LogP contribution in [0.4, 0.5) is 4.79 Å². The summed E-state index contributed by atoms with van der Waals surface area (Å²) >= 11 is 5.35. The zero-order valence-electron chi connectivity index (χ0n) is 15.3. The Bertz CT molecular complexity index is 617. The molecule has 0 spiro atoms. The van der Waals surface area contributed by atoms with Crippen LogP contribution < -0.4 is 5.32 Å². The van der Waals surface area contributed by atoms with Gasteiger partial charge < -0.3 is 19.5 Å². The second-order valence-electron chi connectivity index (χ2n) is 6.40. The van der Waals surface area contributed by atoms with Crippen molar-refractivity contribution in [2.24, 2.45) is 5.92 Å². The van der Waals surface area contributed by atoms with Crippen LogP contribution >= 0.6 is 11.6 Å². The fraction of sp³-hybridized carbons (Fsp3) is 0.500. The summed E-state index contributed by atoms with van der Waals surface area (Å²) in [5.74, 6) is -1.84. The molecule has 0 heterocycles. The average Bonchev–Trinajstić information content (AvgIpc) is 2.58. The van der Waals surface area contributed by atoms with Crippen LogP contribution in [0.2, 0.25) is 0 Å². The molecule has 8 heteroatoms. The Morgan fingerprint density at radius 2 is 1.73 bits per heavy atom. The fourth-order valence-corrected chi connectivity index (χ4v) is 2.07. The predicted molar refractivity (Wildman–Crippen MR) is 95.4 cm³/mol. The standard InChI is InChI=1S/C18H24ClNO6/c1-12(2)14(15(21)26-18(3,4)16(22)25-11-19)20-17(23)24-10-13-8-6-5-7-9-13/h5-9,12,14H,10-11H2,1-4H3,(H,20,23)/t14-/m0/s1. The van der Waals surface area contributed by atoms with E-state index in [1.54, 1.807) is 13.8 Å². The first-order chi connectivity index (χ1) is 12.2. The monoisotopic (exact) mass is 385 g/mol. The van der Waals surface area contributed by atoms with Gasteiger partial charge in [0.2, 0.25) is 5.60 Å². The van der Waals surface area contributed by atoms with Gasteiger partial charge >= 0.3 is 18.0 Å². The van der Waals surface area contributed by atoms with Crippen LogP contribution in [0.25, 0.3) is 0 Å². The van der Waals surface area contributed by atoms with E-state index in [2.05, 4.69) is 10.1 Å². The fourth-order valence-electron chi connectivity index (χ4n) is 1.97. The maximum Gasteiger partial charge on any atom is 0.408 e. The van der Waals surface area contributed by atoms with Crippen molar-refractivity contribution in [2.45, 2.75) is 45.9 Å². The number of esters is 2. The molecule has 0 saturated heterocycles. The Kier molecular flexibility index (Phi) is 8.38. The Balaban J connectivity index is 2.65. The zero-order chi connectivity index (χ0) is 19.7. The summed E-state index contributed by atoms with van der Waals surface area (Å²) in [6.07, 6.45) is -0.759. The van der Waals surface area contributed by atoms with Gasteiger partial charge in [-0.1, -0.05) is 55.8 Å². The van der Waals surface area contributed by atoms with Gasteiger partial charge in [-0.15, -0.1) is 0 Å². The van der Waals surface area contributed by atoms with Crippen LogP contribution in [0.1, 0.15) is 33.3 Å². The first kappa shape index (κ1) is 21.8. The molecule has 0 aliphatic heterocycles. The van der Waals surface area contributed by atoms with Crippen molar-refractivity contribution in [3.05, 3.63) is 35.9 Å². The highest BCUT2D eigenvalue weighted by Crippen LogP contribution is 2.16. The van der Waals surface area contributed by atoms with E-state index < -0.39 is 29.7 Å². The van der Waals surface area contributed by atoms with Gasteiger partial charge in [-0.25, -0.2) is 14.4 Å². The van der Waals surface area contributed by atoms with Crippen LogP contribution in [-0.2, 0) is 30.4 Å². The van der Waals surface area contributed by atoms with Gasteiger partial charge in [-0.05, 0) is 25.3 Å². The van der Waals surface area contributed by atoms with Gasteiger partial charge in [0.1, 0.15) is 12.6 Å². The minimum Gasteiger partial charge on any atom is -0.446 e. The molecule has 1 N–H and O–H groups in total. The minimum atomic E-state index is -1.53. The van der Waals surface area contributed by atoms with Crippen molar-refractivity contribution < 1.29 is 28.6 Å². The molecule has 0 saturated carbocycles. The molecule has 1 amide bonds. The van der Waals surface area contributed by atoms with E-state index >= 15 is 0 Å². The lowest BCUT2D eigenvalue weighted by molar-refractivity contribution is -0.179. The summed E-state index contributed by atoms with van der Waals surface area (Å²) in [6, 6.07) is 7.79. The number of hydrogen-bond donors (Lipinski definition) is 1. The first-order valence-electron chi connectivity index (χ1n) is 8.10. The summed E-state index contributed by atoms with van der Waals surface area (Å²) in [5, 5.41) is 2.47. The molecule has 7 nitrogen and oxygen atoms in total. The molecule has 26 heavy (non-hydrogen) atoms. The second-order valence-corrected chi connectivity index (χ2v) is 6.62. The molecule has 1 aromatic rings. The quantitative estimate of drug-likeness (QED) is 0.420. The third-order valence-corrected chi connectivity index (χ3v) is 3.55. The number of alkyl halides is 1. The number of nitrogens with one attached hydrogen (secondary N) is 1. The Hall–Kier alpha value is -2.28. The van der Waals surface area contributed by atoms with Crippen LogP contribution in [0.5, 0.6) is 0 Å². The largest absolute Gasteiger partial charge is 0.446 e. The number of amides is 1. The summed E-state index contributed by atoms with van der Waals surface area (Å²) in [6.45, 7) is 6.29. The molecule has 0 radical (unpaired) electrons. The van der Waals surface area contributed by atoms with Crippen LogP contribution in [0.3, 0.4) is 0 Å². The molecule has 0 aliphatic carbocycles. The summed E-state index contributed by atoms with van der Waals surface area (Å²) in [4.78, 5) is 36.2.